The quantitative estimate of drug-likeness (QED) is 0.458. The highest BCUT2D eigenvalue weighted by molar-refractivity contribution is 7.89. The molecule has 0 aliphatic carbocycles. The van der Waals surface area contributed by atoms with Gasteiger partial charge in [-0.15, -0.1) is 0 Å². The van der Waals surface area contributed by atoms with Gasteiger partial charge in [0.1, 0.15) is 28.5 Å². The molecule has 4 rings (SSSR count). The number of benzene rings is 1. The molecule has 3 aromatic heterocycles. The molecule has 0 fully saturated rings. The summed E-state index contributed by atoms with van der Waals surface area (Å²) in [7, 11) is -4.53. The minimum absolute atomic E-state index is 0.0128. The average molecular weight is 486 g/mol. The number of halogens is 3. The zero-order valence-corrected chi connectivity index (χ0v) is 18.7. The van der Waals surface area contributed by atoms with Gasteiger partial charge in [-0.2, -0.15) is 23.2 Å². The third-order valence-corrected chi connectivity index (χ3v) is 6.58. The van der Waals surface area contributed by atoms with Gasteiger partial charge in [0, 0.05) is 11.6 Å². The minimum Gasteiger partial charge on any atom is -0.289 e. The highest BCUT2D eigenvalue weighted by Crippen LogP contribution is 2.34. The maximum atomic E-state index is 12.8. The molecule has 1 N–H and O–H groups in total. The lowest BCUT2D eigenvalue weighted by Crippen LogP contribution is -2.43. The van der Waals surface area contributed by atoms with E-state index in [0.29, 0.717) is 23.6 Å². The fourth-order valence-electron chi connectivity index (χ4n) is 3.39. The third kappa shape index (κ3) is 4.23. The summed E-state index contributed by atoms with van der Waals surface area (Å²) in [5.74, 6) is 0.495. The van der Waals surface area contributed by atoms with E-state index in [9.17, 15) is 26.9 Å². The molecule has 3 heterocycles. The second-order valence-corrected chi connectivity index (χ2v) is 9.22. The van der Waals surface area contributed by atoms with Crippen LogP contribution in [0.15, 0.2) is 59.9 Å². The summed E-state index contributed by atoms with van der Waals surface area (Å²) in [5.41, 5.74) is 2.14. The van der Waals surface area contributed by atoms with Crippen LogP contribution in [0.3, 0.4) is 0 Å². The summed E-state index contributed by atoms with van der Waals surface area (Å²) >= 11 is 0. The monoisotopic (exact) mass is 486 g/mol. The molecule has 0 spiro atoms. The Bertz CT molecular complexity index is 1510. The summed E-state index contributed by atoms with van der Waals surface area (Å²) in [4.78, 5) is 12.0. The normalized spacial score (nSPS) is 13.1. The molecule has 12 heteroatoms. The first-order chi connectivity index (χ1) is 16.0. The molecule has 1 atom stereocenters. The summed E-state index contributed by atoms with van der Waals surface area (Å²) in [6.45, 7) is 2.59. The van der Waals surface area contributed by atoms with Crippen molar-refractivity contribution in [2.45, 2.75) is 31.0 Å². The van der Waals surface area contributed by atoms with E-state index in [2.05, 4.69) is 21.0 Å². The topological polar surface area (TPSA) is 114 Å². The summed E-state index contributed by atoms with van der Waals surface area (Å²) in [6, 6.07) is 10.6. The van der Waals surface area contributed by atoms with E-state index in [4.69, 9.17) is 0 Å². The third-order valence-electron chi connectivity index (χ3n) is 5.09. The number of hydrogen-bond donors (Lipinski definition) is 1. The first-order valence-corrected chi connectivity index (χ1v) is 11.4. The van der Waals surface area contributed by atoms with Crippen LogP contribution in [0.1, 0.15) is 18.1 Å². The standard InChI is InChI=1S/C22H17F3N6O2S/c1-13-6-7-16-17(10-26)20(31(18(16)9-13)19-5-3-4-8-27-19)21-28-11-15(12-29-21)34(32,33)30-14(2)22(23,24)25/h3-9,11-12,14,30H,1-2H3/t14-/m0/s1. The van der Waals surface area contributed by atoms with Gasteiger partial charge in [0.05, 0.1) is 23.5 Å². The van der Waals surface area contributed by atoms with Crippen LogP contribution in [-0.2, 0) is 10.0 Å². The number of fused-ring (bicyclic) bond motifs is 1. The Morgan fingerprint density at radius 2 is 1.82 bits per heavy atom. The van der Waals surface area contributed by atoms with Gasteiger partial charge in [0.25, 0.3) is 0 Å². The fraction of sp³-hybridized carbons (Fsp3) is 0.182. The highest BCUT2D eigenvalue weighted by atomic mass is 32.2. The average Bonchev–Trinajstić information content (AvgIpc) is 3.12. The van der Waals surface area contributed by atoms with Crippen LogP contribution in [0.4, 0.5) is 13.2 Å². The molecular weight excluding hydrogens is 469 g/mol. The molecule has 4 aromatic rings. The molecular formula is C22H17F3N6O2S. The van der Waals surface area contributed by atoms with Crippen LogP contribution in [0.25, 0.3) is 28.2 Å². The second kappa shape index (κ2) is 8.51. The van der Waals surface area contributed by atoms with E-state index in [-0.39, 0.29) is 17.1 Å². The molecule has 0 radical (unpaired) electrons. The van der Waals surface area contributed by atoms with Crippen molar-refractivity contribution in [1.82, 2.24) is 24.2 Å². The van der Waals surface area contributed by atoms with Gasteiger partial charge in [-0.1, -0.05) is 18.2 Å². The largest absolute Gasteiger partial charge is 0.404 e. The van der Waals surface area contributed by atoms with Crippen molar-refractivity contribution in [1.29, 1.82) is 5.26 Å². The van der Waals surface area contributed by atoms with Crippen molar-refractivity contribution in [2.24, 2.45) is 0 Å². The lowest BCUT2D eigenvalue weighted by molar-refractivity contribution is -0.147. The molecule has 0 bridgehead atoms. The first kappa shape index (κ1) is 23.3. The molecule has 174 valence electrons. The molecule has 1 aromatic carbocycles. The smallest absolute Gasteiger partial charge is 0.289 e. The van der Waals surface area contributed by atoms with Gasteiger partial charge >= 0.3 is 6.18 Å². The van der Waals surface area contributed by atoms with Crippen LogP contribution < -0.4 is 4.72 Å². The molecule has 0 unspecified atom stereocenters. The Hall–Kier alpha value is -3.82. The van der Waals surface area contributed by atoms with E-state index in [0.717, 1.165) is 18.0 Å². The Kier molecular flexibility index (Phi) is 5.84. The number of alkyl halides is 3. The Morgan fingerprint density at radius 1 is 1.12 bits per heavy atom. The summed E-state index contributed by atoms with van der Waals surface area (Å²) in [5, 5.41) is 10.5. The van der Waals surface area contributed by atoms with Gasteiger partial charge in [-0.05, 0) is 37.6 Å². The van der Waals surface area contributed by atoms with Gasteiger partial charge < -0.3 is 0 Å². The number of nitrogens with one attached hydrogen (secondary N) is 1. The zero-order valence-electron chi connectivity index (χ0n) is 17.9. The molecule has 0 saturated heterocycles. The predicted octanol–water partition coefficient (Wildman–Crippen LogP) is 3.89. The predicted molar refractivity (Wildman–Crippen MR) is 117 cm³/mol. The number of nitriles is 1. The number of sulfonamides is 1. The highest BCUT2D eigenvalue weighted by Gasteiger charge is 2.39. The number of aryl methyl sites for hydroxylation is 1. The molecule has 0 aliphatic heterocycles. The Balaban J connectivity index is 1.87. The maximum Gasteiger partial charge on any atom is 0.404 e. The van der Waals surface area contributed by atoms with E-state index in [1.165, 1.54) is 0 Å². The number of hydrogen-bond acceptors (Lipinski definition) is 6. The zero-order chi connectivity index (χ0) is 24.7. The Morgan fingerprint density at radius 3 is 2.41 bits per heavy atom. The number of aromatic nitrogens is 4. The van der Waals surface area contributed by atoms with Crippen molar-refractivity contribution in [3.63, 3.8) is 0 Å². The fourth-order valence-corrected chi connectivity index (χ4v) is 4.51. The van der Waals surface area contributed by atoms with Gasteiger partial charge in [-0.25, -0.2) is 23.4 Å². The second-order valence-electron chi connectivity index (χ2n) is 7.51. The maximum absolute atomic E-state index is 12.8. The van der Waals surface area contributed by atoms with Gasteiger partial charge in [-0.3, -0.25) is 4.57 Å². The minimum atomic E-state index is -4.75. The van der Waals surface area contributed by atoms with Crippen molar-refractivity contribution >= 4 is 20.9 Å². The molecule has 0 saturated carbocycles. The van der Waals surface area contributed by atoms with E-state index >= 15 is 0 Å². The van der Waals surface area contributed by atoms with Crippen molar-refractivity contribution in [3.8, 4) is 23.4 Å². The van der Waals surface area contributed by atoms with Gasteiger partial charge in [0.15, 0.2) is 5.82 Å². The van der Waals surface area contributed by atoms with E-state index in [1.54, 1.807) is 39.8 Å². The van der Waals surface area contributed by atoms with E-state index < -0.39 is 27.1 Å². The first-order valence-electron chi connectivity index (χ1n) is 9.91. The SMILES string of the molecule is Cc1ccc2c(C#N)c(-c3ncc(S(=O)(=O)N[C@@H](C)C(F)(F)F)cn3)n(-c3ccccn3)c2c1. The molecule has 0 amide bonds. The summed E-state index contributed by atoms with van der Waals surface area (Å²) in [6.07, 6.45) is -1.37. The van der Waals surface area contributed by atoms with Crippen molar-refractivity contribution in [2.75, 3.05) is 0 Å². The number of nitrogens with zero attached hydrogens (tertiary/aromatic N) is 5. The van der Waals surface area contributed by atoms with Crippen molar-refractivity contribution < 1.29 is 21.6 Å². The summed E-state index contributed by atoms with van der Waals surface area (Å²) < 4.78 is 66.4. The van der Waals surface area contributed by atoms with E-state index in [1.807, 2.05) is 19.1 Å². The number of rotatable bonds is 5. The lowest BCUT2D eigenvalue weighted by atomic mass is 10.1. The molecule has 0 aliphatic rings. The number of pyridine rings is 1. The van der Waals surface area contributed by atoms with Crippen LogP contribution in [-0.4, -0.2) is 40.2 Å². The van der Waals surface area contributed by atoms with Crippen LogP contribution in [0, 0.1) is 18.3 Å². The van der Waals surface area contributed by atoms with Crippen LogP contribution in [0.2, 0.25) is 0 Å². The van der Waals surface area contributed by atoms with Crippen LogP contribution >= 0.6 is 0 Å². The van der Waals surface area contributed by atoms with Gasteiger partial charge in [0.2, 0.25) is 10.0 Å². The Labute approximate surface area is 192 Å². The molecule has 34 heavy (non-hydrogen) atoms. The van der Waals surface area contributed by atoms with Crippen LogP contribution in [0.5, 0.6) is 0 Å². The van der Waals surface area contributed by atoms with Crippen molar-refractivity contribution in [3.05, 3.63) is 66.1 Å². The lowest BCUT2D eigenvalue weighted by Gasteiger charge is -2.17. The molecule has 8 nitrogen and oxygen atoms in total.